The molecule has 0 unspecified atom stereocenters. The molecule has 0 atom stereocenters. The van der Waals surface area contributed by atoms with Crippen molar-refractivity contribution in [3.8, 4) is 11.3 Å². The molecule has 0 radical (unpaired) electrons. The Balaban J connectivity index is 1.54. The zero-order chi connectivity index (χ0) is 22.5. The van der Waals surface area contributed by atoms with Crippen molar-refractivity contribution >= 4 is 28.3 Å². The molecule has 7 nitrogen and oxygen atoms in total. The van der Waals surface area contributed by atoms with Crippen LogP contribution in [0.5, 0.6) is 0 Å². The van der Waals surface area contributed by atoms with Crippen LogP contribution < -0.4 is 10.9 Å². The highest BCUT2D eigenvalue weighted by Gasteiger charge is 2.13. The zero-order valence-electron chi connectivity index (χ0n) is 17.4. The number of esters is 1. The summed E-state index contributed by atoms with van der Waals surface area (Å²) in [5.74, 6) is -0.710. The van der Waals surface area contributed by atoms with Gasteiger partial charge < -0.3 is 10.1 Å². The van der Waals surface area contributed by atoms with E-state index in [1.165, 1.54) is 11.8 Å². The molecular weight excluding hydrogens is 406 g/mol. The van der Waals surface area contributed by atoms with Gasteiger partial charge in [0, 0.05) is 23.1 Å². The average molecular weight is 427 g/mol. The number of hydrogen-bond donors (Lipinski definition) is 1. The van der Waals surface area contributed by atoms with Gasteiger partial charge in [-0.15, -0.1) is 0 Å². The standard InChI is InChI=1S/C25H21N3O4/c1-32-25(31)18-11-13-19(14-12-18)26-22(29)15-16-28-24(30)21-10-6-5-9-20(21)23(27-28)17-7-3-2-4-8-17/h2-14H,15-16H2,1H3,(H,26,29). The smallest absolute Gasteiger partial charge is 0.337 e. The summed E-state index contributed by atoms with van der Waals surface area (Å²) in [5.41, 5.74) is 2.29. The van der Waals surface area contributed by atoms with Crippen LogP contribution in [0.1, 0.15) is 16.8 Å². The average Bonchev–Trinajstić information content (AvgIpc) is 2.84. The SMILES string of the molecule is COC(=O)c1ccc(NC(=O)CCn2nc(-c3ccccc3)c3ccccc3c2=O)cc1. The van der Waals surface area contributed by atoms with E-state index in [1.807, 2.05) is 48.5 Å². The van der Waals surface area contributed by atoms with Crippen molar-refractivity contribution in [3.05, 3.63) is 94.8 Å². The molecule has 7 heteroatoms. The molecule has 0 aliphatic heterocycles. The summed E-state index contributed by atoms with van der Waals surface area (Å²) < 4.78 is 6.00. The lowest BCUT2D eigenvalue weighted by molar-refractivity contribution is -0.116. The highest BCUT2D eigenvalue weighted by molar-refractivity contribution is 5.94. The number of nitrogens with zero attached hydrogens (tertiary/aromatic N) is 2. The van der Waals surface area contributed by atoms with E-state index in [0.29, 0.717) is 22.3 Å². The van der Waals surface area contributed by atoms with E-state index < -0.39 is 5.97 Å². The second kappa shape index (κ2) is 9.26. The predicted octanol–water partition coefficient (Wildman–Crippen LogP) is 3.88. The van der Waals surface area contributed by atoms with Gasteiger partial charge in [0.1, 0.15) is 0 Å². The van der Waals surface area contributed by atoms with Crippen molar-refractivity contribution < 1.29 is 14.3 Å². The Bertz CT molecular complexity index is 1330. The third kappa shape index (κ3) is 4.41. The molecule has 0 saturated carbocycles. The minimum atomic E-state index is -0.446. The minimum Gasteiger partial charge on any atom is -0.465 e. The van der Waals surface area contributed by atoms with Gasteiger partial charge in [-0.1, -0.05) is 48.5 Å². The maximum absolute atomic E-state index is 12.9. The number of rotatable bonds is 6. The molecule has 1 N–H and O–H groups in total. The minimum absolute atomic E-state index is 0.0677. The number of carbonyl (C=O) groups excluding carboxylic acids is 2. The zero-order valence-corrected chi connectivity index (χ0v) is 17.4. The number of fused-ring (bicyclic) bond motifs is 1. The first kappa shape index (κ1) is 21.0. The highest BCUT2D eigenvalue weighted by Crippen LogP contribution is 2.24. The molecule has 0 aliphatic carbocycles. The highest BCUT2D eigenvalue weighted by atomic mass is 16.5. The van der Waals surface area contributed by atoms with Crippen LogP contribution in [-0.4, -0.2) is 28.8 Å². The van der Waals surface area contributed by atoms with Gasteiger partial charge >= 0.3 is 5.97 Å². The van der Waals surface area contributed by atoms with Crippen molar-refractivity contribution in [2.24, 2.45) is 0 Å². The fraction of sp³-hybridized carbons (Fsp3) is 0.120. The molecule has 1 aromatic heterocycles. The molecule has 160 valence electrons. The summed E-state index contributed by atoms with van der Waals surface area (Å²) in [4.78, 5) is 36.9. The summed E-state index contributed by atoms with van der Waals surface area (Å²) in [6.07, 6.45) is 0.0677. The van der Waals surface area contributed by atoms with E-state index in [2.05, 4.69) is 15.2 Å². The summed E-state index contributed by atoms with van der Waals surface area (Å²) >= 11 is 0. The number of amides is 1. The number of carbonyl (C=O) groups is 2. The Kier molecular flexibility index (Phi) is 6.07. The molecular formula is C25H21N3O4. The quantitative estimate of drug-likeness (QED) is 0.472. The summed E-state index contributed by atoms with van der Waals surface area (Å²) in [6, 6.07) is 23.4. The second-order valence-corrected chi connectivity index (χ2v) is 7.16. The molecule has 1 heterocycles. The summed E-state index contributed by atoms with van der Waals surface area (Å²) in [5, 5.41) is 8.66. The van der Waals surface area contributed by atoms with Gasteiger partial charge in [0.25, 0.3) is 5.56 Å². The lowest BCUT2D eigenvalue weighted by Gasteiger charge is -2.11. The number of methoxy groups -OCH3 is 1. The molecule has 0 bridgehead atoms. The lowest BCUT2D eigenvalue weighted by atomic mass is 10.1. The number of nitrogens with one attached hydrogen (secondary N) is 1. The normalized spacial score (nSPS) is 10.7. The van der Waals surface area contributed by atoms with Gasteiger partial charge in [-0.2, -0.15) is 5.10 Å². The van der Waals surface area contributed by atoms with Crippen LogP contribution in [-0.2, 0) is 16.1 Å². The van der Waals surface area contributed by atoms with Crippen molar-refractivity contribution in [1.82, 2.24) is 9.78 Å². The summed E-state index contributed by atoms with van der Waals surface area (Å²) in [7, 11) is 1.31. The maximum Gasteiger partial charge on any atom is 0.337 e. The Morgan fingerprint density at radius 2 is 1.56 bits per heavy atom. The van der Waals surface area contributed by atoms with Crippen LogP contribution in [0.3, 0.4) is 0 Å². The van der Waals surface area contributed by atoms with Crippen molar-refractivity contribution in [2.75, 3.05) is 12.4 Å². The van der Waals surface area contributed by atoms with Crippen molar-refractivity contribution in [2.45, 2.75) is 13.0 Å². The van der Waals surface area contributed by atoms with E-state index in [1.54, 1.807) is 30.3 Å². The molecule has 4 aromatic rings. The number of ether oxygens (including phenoxy) is 1. The lowest BCUT2D eigenvalue weighted by Crippen LogP contribution is -2.26. The van der Waals surface area contributed by atoms with Crippen LogP contribution in [0, 0.1) is 0 Å². The van der Waals surface area contributed by atoms with E-state index in [0.717, 1.165) is 10.9 Å². The fourth-order valence-electron chi connectivity index (χ4n) is 3.43. The monoisotopic (exact) mass is 427 g/mol. The molecule has 0 aliphatic rings. The number of aromatic nitrogens is 2. The third-order valence-corrected chi connectivity index (χ3v) is 5.06. The van der Waals surface area contributed by atoms with Crippen molar-refractivity contribution in [1.29, 1.82) is 0 Å². The van der Waals surface area contributed by atoms with Gasteiger partial charge in [-0.05, 0) is 30.3 Å². The molecule has 32 heavy (non-hydrogen) atoms. The molecule has 0 fully saturated rings. The Labute approximate surface area is 184 Å². The Morgan fingerprint density at radius 1 is 0.906 bits per heavy atom. The third-order valence-electron chi connectivity index (χ3n) is 5.06. The summed E-state index contributed by atoms with van der Waals surface area (Å²) in [6.45, 7) is 0.135. The van der Waals surface area contributed by atoms with Gasteiger partial charge in [0.05, 0.1) is 30.3 Å². The van der Waals surface area contributed by atoms with E-state index in [-0.39, 0.29) is 24.4 Å². The first-order valence-electron chi connectivity index (χ1n) is 10.1. The van der Waals surface area contributed by atoms with E-state index >= 15 is 0 Å². The van der Waals surface area contributed by atoms with Crippen LogP contribution in [0.4, 0.5) is 5.69 Å². The predicted molar refractivity (Wildman–Crippen MR) is 122 cm³/mol. The Hall–Kier alpha value is -4.26. The van der Waals surface area contributed by atoms with Gasteiger partial charge in [0.15, 0.2) is 0 Å². The maximum atomic E-state index is 12.9. The molecule has 0 spiro atoms. The number of benzene rings is 3. The largest absolute Gasteiger partial charge is 0.465 e. The van der Waals surface area contributed by atoms with Crippen LogP contribution in [0.2, 0.25) is 0 Å². The second-order valence-electron chi connectivity index (χ2n) is 7.16. The first-order valence-corrected chi connectivity index (χ1v) is 10.1. The van der Waals surface area contributed by atoms with Crippen LogP contribution >= 0.6 is 0 Å². The van der Waals surface area contributed by atoms with Gasteiger partial charge in [0.2, 0.25) is 5.91 Å². The number of anilines is 1. The molecule has 1 amide bonds. The number of aryl methyl sites for hydroxylation is 1. The van der Waals surface area contributed by atoms with Gasteiger partial charge in [-0.25, -0.2) is 9.48 Å². The van der Waals surface area contributed by atoms with Gasteiger partial charge in [-0.3, -0.25) is 9.59 Å². The molecule has 4 rings (SSSR count). The van der Waals surface area contributed by atoms with Crippen LogP contribution in [0.25, 0.3) is 22.0 Å². The fourth-order valence-corrected chi connectivity index (χ4v) is 3.43. The first-order chi connectivity index (χ1) is 15.6. The number of hydrogen-bond acceptors (Lipinski definition) is 5. The topological polar surface area (TPSA) is 90.3 Å². The molecule has 3 aromatic carbocycles. The van der Waals surface area contributed by atoms with E-state index in [9.17, 15) is 14.4 Å². The molecule has 0 saturated heterocycles. The van der Waals surface area contributed by atoms with E-state index in [4.69, 9.17) is 0 Å². The van der Waals surface area contributed by atoms with Crippen molar-refractivity contribution in [3.63, 3.8) is 0 Å². The van der Waals surface area contributed by atoms with Crippen LogP contribution in [0.15, 0.2) is 83.7 Å². The Morgan fingerprint density at radius 3 is 2.25 bits per heavy atom.